The maximum atomic E-state index is 12.9. The molecular formula is C29H23ClN2O2PdS. The second kappa shape index (κ2) is 13.8. The molecule has 0 spiro atoms. The third kappa shape index (κ3) is 7.19. The van der Waals surface area contributed by atoms with Gasteiger partial charge in [-0.3, -0.25) is 4.98 Å². The van der Waals surface area contributed by atoms with Gasteiger partial charge < -0.3 is 4.98 Å². The van der Waals surface area contributed by atoms with E-state index in [1.54, 1.807) is 60.9 Å². The van der Waals surface area contributed by atoms with E-state index in [-0.39, 0.29) is 4.90 Å². The molecule has 3 aromatic carbocycles. The second-order valence-corrected chi connectivity index (χ2v) is 9.44. The summed E-state index contributed by atoms with van der Waals surface area (Å²) in [5, 5.41) is 0. The van der Waals surface area contributed by atoms with Gasteiger partial charge in [0, 0.05) is 18.0 Å². The predicted octanol–water partition coefficient (Wildman–Crippen LogP) is 7.13. The maximum absolute atomic E-state index is 12.9. The van der Waals surface area contributed by atoms with Crippen LogP contribution in [0.15, 0.2) is 131 Å². The molecule has 0 unspecified atom stereocenters. The van der Waals surface area contributed by atoms with Gasteiger partial charge in [0.2, 0.25) is 9.84 Å². The average Bonchev–Trinajstić information content (AvgIpc) is 2.96. The molecule has 0 bridgehead atoms. The number of nitrogens with zero attached hydrogens (tertiary/aromatic N) is 2. The van der Waals surface area contributed by atoms with Gasteiger partial charge >= 0.3 is 27.7 Å². The summed E-state index contributed by atoms with van der Waals surface area (Å²) in [7, 11) is 0.914. The van der Waals surface area contributed by atoms with Gasteiger partial charge in [-0.25, -0.2) is 8.42 Å². The molecule has 2 aromatic heterocycles. The van der Waals surface area contributed by atoms with Crippen LogP contribution in [0.1, 0.15) is 5.56 Å². The van der Waals surface area contributed by atoms with E-state index in [9.17, 15) is 8.42 Å². The Hall–Kier alpha value is -3.14. The summed E-state index contributed by atoms with van der Waals surface area (Å²) < 4.78 is 25.8. The molecule has 5 rings (SSSR count). The van der Waals surface area contributed by atoms with Crippen molar-refractivity contribution < 1.29 is 26.6 Å². The monoisotopic (exact) mass is 604 g/mol. The SMILES string of the molecule is Cc1ccc(S(=O)(=O)c2ccccc2-c2ccccn2)cc1.[Cl][Pd+].[c-]1ccccc1-c1ccccn1. The molecule has 0 atom stereocenters. The normalized spacial score (nSPS) is 10.3. The molecule has 0 saturated heterocycles. The minimum Gasteiger partial charge on any atom is -0.305 e. The molecular weight excluding hydrogens is 582 g/mol. The van der Waals surface area contributed by atoms with Crippen molar-refractivity contribution in [3.8, 4) is 22.5 Å². The number of hydrogen-bond acceptors (Lipinski definition) is 4. The van der Waals surface area contributed by atoms with Crippen LogP contribution in [-0.4, -0.2) is 18.4 Å². The van der Waals surface area contributed by atoms with Crippen molar-refractivity contribution in [2.24, 2.45) is 0 Å². The van der Waals surface area contributed by atoms with Crippen molar-refractivity contribution in [2.75, 3.05) is 0 Å². The summed E-state index contributed by atoms with van der Waals surface area (Å²) in [4.78, 5) is 9.05. The van der Waals surface area contributed by atoms with Crippen molar-refractivity contribution in [1.82, 2.24) is 9.97 Å². The van der Waals surface area contributed by atoms with Crippen LogP contribution in [-0.2, 0) is 28.0 Å². The molecule has 0 aliphatic rings. The first-order chi connectivity index (χ1) is 17.6. The first-order valence-corrected chi connectivity index (χ1v) is 14.4. The van der Waals surface area contributed by atoms with Crippen molar-refractivity contribution in [2.45, 2.75) is 16.7 Å². The summed E-state index contributed by atoms with van der Waals surface area (Å²) in [6.45, 7) is 1.93. The van der Waals surface area contributed by atoms with Crippen LogP contribution >= 0.6 is 9.53 Å². The molecule has 0 aliphatic heterocycles. The summed E-state index contributed by atoms with van der Waals surface area (Å²) in [6.07, 6.45) is 3.45. The van der Waals surface area contributed by atoms with Crippen LogP contribution in [0.3, 0.4) is 0 Å². The van der Waals surface area contributed by atoms with Crippen LogP contribution in [0.5, 0.6) is 0 Å². The summed E-state index contributed by atoms with van der Waals surface area (Å²) in [5.74, 6) is 0. The second-order valence-electron chi connectivity index (χ2n) is 7.52. The van der Waals surface area contributed by atoms with Gasteiger partial charge in [-0.2, -0.15) is 0 Å². The molecule has 0 aliphatic carbocycles. The van der Waals surface area contributed by atoms with Gasteiger partial charge in [0.1, 0.15) is 0 Å². The number of sulfone groups is 1. The number of benzene rings is 3. The van der Waals surface area contributed by atoms with Gasteiger partial charge in [0.05, 0.1) is 15.5 Å². The summed E-state index contributed by atoms with van der Waals surface area (Å²) in [5.41, 5.74) is 4.30. The van der Waals surface area contributed by atoms with E-state index in [4.69, 9.17) is 0 Å². The Kier molecular flexibility index (Phi) is 10.5. The smallest absolute Gasteiger partial charge is 0.0160 e. The Labute approximate surface area is 227 Å². The summed E-state index contributed by atoms with van der Waals surface area (Å²) >= 11 is 2.22. The van der Waals surface area contributed by atoms with E-state index in [2.05, 4.69) is 43.7 Å². The molecule has 0 amide bonds. The van der Waals surface area contributed by atoms with Crippen LogP contribution in [0.25, 0.3) is 22.5 Å². The van der Waals surface area contributed by atoms with Crippen molar-refractivity contribution in [3.05, 3.63) is 133 Å². The van der Waals surface area contributed by atoms with E-state index in [1.807, 2.05) is 67.6 Å². The maximum Gasteiger partial charge on any atom is 0.0160 e. The fourth-order valence-electron chi connectivity index (χ4n) is 3.35. The standard InChI is InChI=1S/C18H15NO2S.C11H8N.ClH.Pd/c1-14-9-11-15(12-10-14)22(20,21)18-8-3-2-6-16(18)17-7-4-5-13-19-17;1-2-6-10(7-3-1)11-8-4-5-9-12-11;;/h2-13H,1H3;1-6,8-9H;1H;/q;-1;;+2/p-1. The fraction of sp³-hybridized carbons (Fsp3) is 0.0345. The molecule has 7 heteroatoms. The molecule has 184 valence electrons. The largest absolute Gasteiger partial charge is 0.305 e. The number of aromatic nitrogens is 2. The van der Waals surface area contributed by atoms with Gasteiger partial charge in [0.15, 0.2) is 0 Å². The zero-order valence-corrected chi connectivity index (χ0v) is 22.5. The van der Waals surface area contributed by atoms with E-state index in [0.29, 0.717) is 16.2 Å². The van der Waals surface area contributed by atoms with Crippen molar-refractivity contribution in [3.63, 3.8) is 0 Å². The molecule has 2 heterocycles. The van der Waals surface area contributed by atoms with Gasteiger partial charge in [0.25, 0.3) is 0 Å². The zero-order valence-electron chi connectivity index (χ0n) is 19.4. The Morgan fingerprint density at radius 3 is 1.86 bits per heavy atom. The van der Waals surface area contributed by atoms with Crippen molar-refractivity contribution in [1.29, 1.82) is 0 Å². The summed E-state index contributed by atoms with van der Waals surface area (Å²) in [6, 6.07) is 36.1. The number of pyridine rings is 2. The van der Waals surface area contributed by atoms with Crippen molar-refractivity contribution >= 4 is 19.4 Å². The molecule has 4 nitrogen and oxygen atoms in total. The van der Waals surface area contributed by atoms with Gasteiger partial charge in [-0.05, 0) is 49.0 Å². The third-order valence-corrected chi connectivity index (χ3v) is 6.93. The molecule has 0 saturated carbocycles. The minimum atomic E-state index is -3.57. The minimum absolute atomic E-state index is 0.276. The molecule has 0 radical (unpaired) electrons. The van der Waals surface area contributed by atoms with Crippen LogP contribution in [0.4, 0.5) is 0 Å². The Balaban J connectivity index is 0.000000217. The first-order valence-electron chi connectivity index (χ1n) is 10.9. The predicted molar refractivity (Wildman–Crippen MR) is 141 cm³/mol. The van der Waals surface area contributed by atoms with Crippen LogP contribution in [0.2, 0.25) is 0 Å². The Bertz CT molecular complexity index is 1410. The van der Waals surface area contributed by atoms with E-state index < -0.39 is 9.84 Å². The van der Waals surface area contributed by atoms with E-state index in [0.717, 1.165) is 16.8 Å². The molecule has 0 N–H and O–H groups in total. The van der Waals surface area contributed by atoms with Crippen LogP contribution < -0.4 is 0 Å². The number of rotatable bonds is 4. The fourth-order valence-corrected chi connectivity index (χ4v) is 4.82. The Morgan fingerprint density at radius 2 is 1.28 bits per heavy atom. The number of halogens is 1. The molecule has 5 aromatic rings. The molecule has 36 heavy (non-hydrogen) atoms. The number of aryl methyl sites for hydroxylation is 1. The van der Waals surface area contributed by atoms with E-state index >= 15 is 0 Å². The quantitative estimate of drug-likeness (QED) is 0.162. The zero-order chi connectivity index (χ0) is 25.8. The van der Waals surface area contributed by atoms with Gasteiger partial charge in [-0.15, -0.1) is 35.9 Å². The molecule has 0 fully saturated rings. The Morgan fingerprint density at radius 1 is 0.694 bits per heavy atom. The number of hydrogen-bond donors (Lipinski definition) is 0. The van der Waals surface area contributed by atoms with E-state index in [1.165, 1.54) is 0 Å². The average molecular weight is 605 g/mol. The van der Waals surface area contributed by atoms with Crippen LogP contribution in [0, 0.1) is 13.0 Å². The first kappa shape index (κ1) is 27.4. The third-order valence-electron chi connectivity index (χ3n) is 5.10. The topological polar surface area (TPSA) is 59.9 Å². The van der Waals surface area contributed by atoms with Gasteiger partial charge in [-0.1, -0.05) is 54.1 Å².